The molecular formula is C16H28Cl2N4O. The maximum absolute atomic E-state index is 13.0. The van der Waals surface area contributed by atoms with Crippen LogP contribution in [0.2, 0.25) is 0 Å². The van der Waals surface area contributed by atoms with Crippen LogP contribution in [0.25, 0.3) is 0 Å². The van der Waals surface area contributed by atoms with Crippen molar-refractivity contribution in [3.05, 3.63) is 17.0 Å². The van der Waals surface area contributed by atoms with Gasteiger partial charge >= 0.3 is 0 Å². The minimum absolute atomic E-state index is 0. The Morgan fingerprint density at radius 2 is 1.83 bits per heavy atom. The third-order valence-electron chi connectivity index (χ3n) is 5.33. The van der Waals surface area contributed by atoms with Crippen LogP contribution < -0.4 is 5.73 Å². The highest BCUT2D eigenvalue weighted by Gasteiger charge is 2.44. The summed E-state index contributed by atoms with van der Waals surface area (Å²) in [6.45, 7) is 4.96. The maximum Gasteiger partial charge on any atom is 0.243 e. The molecule has 1 aromatic rings. The molecule has 132 valence electrons. The molecule has 23 heavy (non-hydrogen) atoms. The first-order chi connectivity index (χ1) is 9.94. The van der Waals surface area contributed by atoms with Crippen LogP contribution in [0.3, 0.4) is 0 Å². The van der Waals surface area contributed by atoms with Crippen molar-refractivity contribution in [2.75, 3.05) is 6.54 Å². The van der Waals surface area contributed by atoms with E-state index in [-0.39, 0.29) is 36.8 Å². The Morgan fingerprint density at radius 3 is 2.35 bits per heavy atom. The van der Waals surface area contributed by atoms with Gasteiger partial charge in [0, 0.05) is 24.8 Å². The van der Waals surface area contributed by atoms with Crippen LogP contribution in [0.15, 0.2) is 0 Å². The minimum Gasteiger partial charge on any atom is -0.334 e. The van der Waals surface area contributed by atoms with Gasteiger partial charge in [0.2, 0.25) is 5.91 Å². The van der Waals surface area contributed by atoms with Crippen molar-refractivity contribution in [1.29, 1.82) is 0 Å². The van der Waals surface area contributed by atoms with E-state index < -0.39 is 5.54 Å². The normalized spacial score (nSPS) is 22.6. The Labute approximate surface area is 150 Å². The van der Waals surface area contributed by atoms with Crippen molar-refractivity contribution in [3.63, 3.8) is 0 Å². The van der Waals surface area contributed by atoms with Gasteiger partial charge in [-0.2, -0.15) is 5.10 Å². The van der Waals surface area contributed by atoms with Gasteiger partial charge in [0.25, 0.3) is 0 Å². The Morgan fingerprint density at radius 1 is 1.22 bits per heavy atom. The number of hydrogen-bond donors (Lipinski definition) is 1. The second-order valence-corrected chi connectivity index (χ2v) is 6.73. The fourth-order valence-electron chi connectivity index (χ4n) is 4.09. The molecular weight excluding hydrogens is 335 g/mol. The summed E-state index contributed by atoms with van der Waals surface area (Å²) in [5, 5.41) is 4.51. The molecule has 2 N–H and O–H groups in total. The van der Waals surface area contributed by atoms with E-state index in [0.717, 1.165) is 56.5 Å². The molecule has 1 saturated heterocycles. The summed E-state index contributed by atoms with van der Waals surface area (Å²) in [7, 11) is 1.97. The van der Waals surface area contributed by atoms with E-state index in [1.54, 1.807) is 0 Å². The predicted octanol–water partition coefficient (Wildman–Crippen LogP) is 2.82. The molecule has 1 unspecified atom stereocenters. The number of rotatable bonds is 2. The van der Waals surface area contributed by atoms with Gasteiger partial charge in [-0.1, -0.05) is 12.8 Å². The number of carbonyl (C=O) groups is 1. The van der Waals surface area contributed by atoms with Crippen LogP contribution in [-0.4, -0.2) is 32.7 Å². The number of carbonyl (C=O) groups excluding carboxylic acids is 1. The third-order valence-corrected chi connectivity index (χ3v) is 5.33. The van der Waals surface area contributed by atoms with Crippen LogP contribution >= 0.6 is 24.8 Å². The molecule has 0 bridgehead atoms. The van der Waals surface area contributed by atoms with Gasteiger partial charge in [-0.25, -0.2) is 0 Å². The van der Waals surface area contributed by atoms with E-state index >= 15 is 0 Å². The number of nitrogens with two attached hydrogens (primary N) is 1. The van der Waals surface area contributed by atoms with Crippen molar-refractivity contribution in [2.45, 2.75) is 64.0 Å². The van der Waals surface area contributed by atoms with Crippen molar-refractivity contribution in [1.82, 2.24) is 14.7 Å². The fourth-order valence-corrected chi connectivity index (χ4v) is 4.09. The number of amides is 1. The van der Waals surface area contributed by atoms with Crippen LogP contribution in [0.4, 0.5) is 0 Å². The molecule has 1 amide bonds. The monoisotopic (exact) mass is 362 g/mol. The van der Waals surface area contributed by atoms with E-state index in [9.17, 15) is 4.79 Å². The molecule has 3 rings (SSSR count). The number of nitrogens with zero attached hydrogens (tertiary/aromatic N) is 3. The Balaban J connectivity index is 0.00000132. The summed E-state index contributed by atoms with van der Waals surface area (Å²) < 4.78 is 1.92. The second kappa shape index (κ2) is 7.41. The lowest BCUT2D eigenvalue weighted by Crippen LogP contribution is -2.53. The summed E-state index contributed by atoms with van der Waals surface area (Å²) in [6.07, 6.45) is 5.90. The number of likely N-dealkylation sites (tertiary alicyclic amines) is 1. The molecule has 1 aliphatic heterocycles. The lowest BCUT2D eigenvalue weighted by atomic mass is 9.95. The highest BCUT2D eigenvalue weighted by atomic mass is 35.5. The molecule has 2 aliphatic rings. The quantitative estimate of drug-likeness (QED) is 0.879. The van der Waals surface area contributed by atoms with Crippen molar-refractivity contribution in [3.8, 4) is 0 Å². The summed E-state index contributed by atoms with van der Waals surface area (Å²) in [5.41, 5.74) is 9.20. The lowest BCUT2D eigenvalue weighted by Gasteiger charge is -2.33. The molecule has 2 fully saturated rings. The van der Waals surface area contributed by atoms with Crippen molar-refractivity contribution in [2.24, 2.45) is 12.8 Å². The van der Waals surface area contributed by atoms with Crippen LogP contribution in [-0.2, 0) is 11.8 Å². The highest BCUT2D eigenvalue weighted by Crippen LogP contribution is 2.39. The van der Waals surface area contributed by atoms with Gasteiger partial charge in [-0.15, -0.1) is 24.8 Å². The standard InChI is InChI=1S/C16H26N4O.2ClH/c1-11-14(12(2)19(3)18-11)13-7-6-10-20(13)15(21)16(17)8-4-5-9-16;;/h13H,4-10,17H2,1-3H3;2*1H. The number of halogens is 2. The first-order valence-corrected chi connectivity index (χ1v) is 8.04. The highest BCUT2D eigenvalue weighted by molar-refractivity contribution is 5.87. The van der Waals surface area contributed by atoms with E-state index in [0.29, 0.717) is 0 Å². The molecule has 1 aliphatic carbocycles. The van der Waals surface area contributed by atoms with E-state index in [1.165, 1.54) is 5.56 Å². The first-order valence-electron chi connectivity index (χ1n) is 8.04. The zero-order valence-electron chi connectivity index (χ0n) is 14.2. The Bertz CT molecular complexity index is 567. The van der Waals surface area contributed by atoms with E-state index in [1.807, 2.05) is 23.6 Å². The van der Waals surface area contributed by atoms with Gasteiger partial charge in [0.1, 0.15) is 0 Å². The summed E-state index contributed by atoms with van der Waals surface area (Å²) in [6, 6.07) is 0.159. The molecule has 0 spiro atoms. The predicted molar refractivity (Wildman–Crippen MR) is 96.3 cm³/mol. The van der Waals surface area contributed by atoms with Gasteiger partial charge in [0.05, 0.1) is 17.3 Å². The zero-order chi connectivity index (χ0) is 15.2. The molecule has 2 heterocycles. The van der Waals surface area contributed by atoms with Crippen LogP contribution in [0.5, 0.6) is 0 Å². The van der Waals surface area contributed by atoms with E-state index in [4.69, 9.17) is 5.73 Å². The molecule has 0 radical (unpaired) electrons. The smallest absolute Gasteiger partial charge is 0.243 e. The summed E-state index contributed by atoms with van der Waals surface area (Å²) in [4.78, 5) is 15.0. The average molecular weight is 363 g/mol. The number of aryl methyl sites for hydroxylation is 2. The largest absolute Gasteiger partial charge is 0.334 e. The number of hydrogen-bond acceptors (Lipinski definition) is 3. The summed E-state index contributed by atoms with van der Waals surface area (Å²) in [5.74, 6) is 0.158. The Kier molecular flexibility index (Phi) is 6.53. The van der Waals surface area contributed by atoms with Gasteiger partial charge in [0.15, 0.2) is 0 Å². The van der Waals surface area contributed by atoms with E-state index in [2.05, 4.69) is 12.0 Å². The van der Waals surface area contributed by atoms with Crippen LogP contribution in [0, 0.1) is 13.8 Å². The zero-order valence-corrected chi connectivity index (χ0v) is 15.8. The topological polar surface area (TPSA) is 64.2 Å². The van der Waals surface area contributed by atoms with Gasteiger partial charge in [-0.3, -0.25) is 9.48 Å². The van der Waals surface area contributed by atoms with Crippen molar-refractivity contribution < 1.29 is 4.79 Å². The molecule has 7 heteroatoms. The van der Waals surface area contributed by atoms with Crippen molar-refractivity contribution >= 4 is 30.7 Å². The molecule has 1 atom stereocenters. The molecule has 1 aromatic heterocycles. The van der Waals surface area contributed by atoms with Gasteiger partial charge in [-0.05, 0) is 39.5 Å². The molecule has 5 nitrogen and oxygen atoms in total. The van der Waals surface area contributed by atoms with Gasteiger partial charge < -0.3 is 10.6 Å². The molecule has 1 saturated carbocycles. The SMILES string of the molecule is Cc1nn(C)c(C)c1C1CCCN1C(=O)C1(N)CCCC1.Cl.Cl. The first kappa shape index (κ1) is 20.3. The van der Waals surface area contributed by atoms with Crippen LogP contribution in [0.1, 0.15) is 61.5 Å². The molecule has 0 aromatic carbocycles. The third kappa shape index (κ3) is 3.37. The average Bonchev–Trinajstić information content (AvgIpc) is 3.12. The Hall–Kier alpha value is -0.780. The minimum atomic E-state index is -0.618. The second-order valence-electron chi connectivity index (χ2n) is 6.73. The maximum atomic E-state index is 13.0. The lowest BCUT2D eigenvalue weighted by molar-refractivity contribution is -0.137. The number of aromatic nitrogens is 2. The fraction of sp³-hybridized carbons (Fsp3) is 0.750. The summed E-state index contributed by atoms with van der Waals surface area (Å²) >= 11 is 0.